The lowest BCUT2D eigenvalue weighted by Gasteiger charge is -2.15. The molecule has 0 aliphatic carbocycles. The third-order valence-electron chi connectivity index (χ3n) is 3.80. The molecule has 1 N–H and O–H groups in total. The maximum atomic E-state index is 13.0. The average Bonchev–Trinajstić information content (AvgIpc) is 2.60. The van der Waals surface area contributed by atoms with Gasteiger partial charge in [0.2, 0.25) is 5.91 Å². The highest BCUT2D eigenvalue weighted by atomic mass is 32.2. The Morgan fingerprint density at radius 2 is 1.79 bits per heavy atom. The predicted octanol–water partition coefficient (Wildman–Crippen LogP) is 3.76. The third kappa shape index (κ3) is 5.07. The molecule has 0 saturated heterocycles. The summed E-state index contributed by atoms with van der Waals surface area (Å²) in [6.07, 6.45) is -4.79. The highest BCUT2D eigenvalue weighted by Gasteiger charge is 2.34. The van der Waals surface area contributed by atoms with Crippen LogP contribution in [0.1, 0.15) is 18.1 Å². The monoisotopic (exact) mass is 414 g/mol. The number of alkyl halides is 3. The molecule has 2 rings (SSSR count). The van der Waals surface area contributed by atoms with Crippen LogP contribution in [0.5, 0.6) is 0 Å². The van der Waals surface area contributed by atoms with Gasteiger partial charge in [-0.25, -0.2) is 12.8 Å². The molecule has 0 radical (unpaired) electrons. The molecule has 0 spiro atoms. The first kappa shape index (κ1) is 21.4. The smallest absolute Gasteiger partial charge is 0.326 e. The molecule has 0 fully saturated rings. The molecule has 5 nitrogen and oxygen atoms in total. The summed E-state index contributed by atoms with van der Waals surface area (Å²) in [5, 5.41) is 11.0. The molecule has 0 aromatic heterocycles. The van der Waals surface area contributed by atoms with Gasteiger partial charge in [0.1, 0.15) is 5.82 Å². The largest absolute Gasteiger partial charge is 0.417 e. The molecule has 0 aliphatic heterocycles. The van der Waals surface area contributed by atoms with E-state index in [1.165, 1.54) is 13.0 Å². The van der Waals surface area contributed by atoms with Crippen molar-refractivity contribution in [3.63, 3.8) is 0 Å². The summed E-state index contributed by atoms with van der Waals surface area (Å²) in [6.45, 7) is 1.30. The number of sulfone groups is 1. The molecule has 0 aliphatic rings. The quantitative estimate of drug-likeness (QED) is 0.596. The van der Waals surface area contributed by atoms with Crippen molar-refractivity contribution in [2.45, 2.75) is 18.0 Å². The molecule has 148 valence electrons. The molecule has 10 heteroatoms. The van der Waals surface area contributed by atoms with E-state index in [4.69, 9.17) is 5.26 Å². The van der Waals surface area contributed by atoms with Crippen molar-refractivity contribution < 1.29 is 30.8 Å². The summed E-state index contributed by atoms with van der Waals surface area (Å²) in [6, 6.07) is 8.11. The Bertz CT molecular complexity index is 1030. The van der Waals surface area contributed by atoms with Gasteiger partial charge in [-0.05, 0) is 42.5 Å². The zero-order chi connectivity index (χ0) is 21.1. The van der Waals surface area contributed by atoms with Crippen molar-refractivity contribution in [3.05, 3.63) is 59.4 Å². The fraction of sp³-hybridized carbons (Fsp3) is 0.222. The van der Waals surface area contributed by atoms with Gasteiger partial charge in [-0.3, -0.25) is 4.79 Å². The minimum Gasteiger partial charge on any atom is -0.326 e. The Morgan fingerprint density at radius 3 is 2.32 bits per heavy atom. The molecule has 1 atom stereocenters. The highest BCUT2D eigenvalue weighted by molar-refractivity contribution is 7.91. The average molecular weight is 414 g/mol. The summed E-state index contributed by atoms with van der Waals surface area (Å²) >= 11 is 0. The number of amides is 1. The first-order chi connectivity index (χ1) is 12.9. The Labute approximate surface area is 158 Å². The summed E-state index contributed by atoms with van der Waals surface area (Å²) in [7, 11) is -3.91. The molecule has 1 unspecified atom stereocenters. The molecule has 0 bridgehead atoms. The van der Waals surface area contributed by atoms with E-state index in [9.17, 15) is 30.8 Å². The van der Waals surface area contributed by atoms with Crippen molar-refractivity contribution in [1.29, 1.82) is 5.26 Å². The Kier molecular flexibility index (Phi) is 6.09. The van der Waals surface area contributed by atoms with Crippen LogP contribution in [0.3, 0.4) is 0 Å². The Hall–Kier alpha value is -2.93. The van der Waals surface area contributed by atoms with Crippen LogP contribution in [-0.2, 0) is 20.8 Å². The van der Waals surface area contributed by atoms with Crippen LogP contribution >= 0.6 is 0 Å². The zero-order valence-electron chi connectivity index (χ0n) is 14.4. The lowest BCUT2D eigenvalue weighted by atomic mass is 10.1. The fourth-order valence-electron chi connectivity index (χ4n) is 2.36. The Balaban J connectivity index is 2.16. The third-order valence-corrected chi connectivity index (χ3v) is 5.73. The number of nitrogens with zero attached hydrogens (tertiary/aromatic N) is 1. The van der Waals surface area contributed by atoms with Gasteiger partial charge in [-0.2, -0.15) is 18.4 Å². The summed E-state index contributed by atoms with van der Waals surface area (Å²) in [4.78, 5) is 12.0. The molecule has 2 aromatic rings. The number of hydrogen-bond donors (Lipinski definition) is 1. The number of rotatable bonds is 5. The van der Waals surface area contributed by atoms with E-state index in [0.717, 1.165) is 36.4 Å². The number of carbonyl (C=O) groups is 1. The summed E-state index contributed by atoms with van der Waals surface area (Å²) in [5.41, 5.74) is -2.03. The number of carbonyl (C=O) groups excluding carboxylic acids is 1. The molecule has 1 amide bonds. The highest BCUT2D eigenvalue weighted by Crippen LogP contribution is 2.33. The second-order valence-corrected chi connectivity index (χ2v) is 8.03. The molecular formula is C18H14F4N2O3S. The number of halogens is 4. The standard InChI is InChI=1S/C18H14F4N2O3S/c1-11(10-28(26,27)15-6-3-13(19)4-7-15)17(25)24-14-5-2-12(9-23)16(8-14)18(20,21)22/h2-8,11H,10H2,1H3,(H,24,25). The van der Waals surface area contributed by atoms with Gasteiger partial charge in [-0.1, -0.05) is 6.92 Å². The van der Waals surface area contributed by atoms with Gasteiger partial charge in [0.15, 0.2) is 9.84 Å². The number of anilines is 1. The van der Waals surface area contributed by atoms with Crippen LogP contribution in [0.25, 0.3) is 0 Å². The predicted molar refractivity (Wildman–Crippen MR) is 92.4 cm³/mol. The van der Waals surface area contributed by atoms with Crippen LogP contribution in [0.15, 0.2) is 47.4 Å². The van der Waals surface area contributed by atoms with Crippen molar-refractivity contribution in [2.24, 2.45) is 5.92 Å². The van der Waals surface area contributed by atoms with E-state index in [-0.39, 0.29) is 10.6 Å². The Morgan fingerprint density at radius 1 is 1.18 bits per heavy atom. The van der Waals surface area contributed by atoms with Crippen molar-refractivity contribution in [1.82, 2.24) is 0 Å². The molecule has 2 aromatic carbocycles. The van der Waals surface area contributed by atoms with E-state index in [0.29, 0.717) is 6.07 Å². The van der Waals surface area contributed by atoms with Crippen molar-refractivity contribution in [3.8, 4) is 6.07 Å². The number of hydrogen-bond acceptors (Lipinski definition) is 4. The van der Waals surface area contributed by atoms with E-state index < -0.39 is 50.5 Å². The number of nitriles is 1. The van der Waals surface area contributed by atoms with E-state index in [1.807, 2.05) is 0 Å². The first-order valence-corrected chi connectivity index (χ1v) is 9.50. The number of benzene rings is 2. The van der Waals surface area contributed by atoms with Gasteiger partial charge in [0, 0.05) is 11.6 Å². The SMILES string of the molecule is CC(CS(=O)(=O)c1ccc(F)cc1)C(=O)Nc1ccc(C#N)c(C(F)(F)F)c1. The second kappa shape index (κ2) is 7.98. The van der Waals surface area contributed by atoms with Crippen LogP contribution in [-0.4, -0.2) is 20.1 Å². The second-order valence-electron chi connectivity index (χ2n) is 6.00. The van der Waals surface area contributed by atoms with E-state index in [2.05, 4.69) is 5.32 Å². The van der Waals surface area contributed by atoms with Crippen LogP contribution in [0.2, 0.25) is 0 Å². The number of nitrogens with one attached hydrogen (secondary N) is 1. The molecule has 0 saturated carbocycles. The maximum Gasteiger partial charge on any atom is 0.417 e. The van der Waals surface area contributed by atoms with Crippen LogP contribution in [0.4, 0.5) is 23.2 Å². The van der Waals surface area contributed by atoms with E-state index in [1.54, 1.807) is 0 Å². The molecule has 0 heterocycles. The van der Waals surface area contributed by atoms with Crippen LogP contribution in [0, 0.1) is 23.1 Å². The van der Waals surface area contributed by atoms with Gasteiger partial charge in [-0.15, -0.1) is 0 Å². The normalized spacial score (nSPS) is 12.9. The molecular weight excluding hydrogens is 400 g/mol. The minimum atomic E-state index is -4.79. The van der Waals surface area contributed by atoms with Gasteiger partial charge < -0.3 is 5.32 Å². The fourth-order valence-corrected chi connectivity index (χ4v) is 3.92. The van der Waals surface area contributed by atoms with Gasteiger partial charge >= 0.3 is 6.18 Å². The molecule has 28 heavy (non-hydrogen) atoms. The topological polar surface area (TPSA) is 87.0 Å². The summed E-state index contributed by atoms with van der Waals surface area (Å²) < 4.78 is 76.4. The minimum absolute atomic E-state index is 0.175. The van der Waals surface area contributed by atoms with E-state index >= 15 is 0 Å². The van der Waals surface area contributed by atoms with Crippen molar-refractivity contribution in [2.75, 3.05) is 11.1 Å². The van der Waals surface area contributed by atoms with Crippen molar-refractivity contribution >= 4 is 21.4 Å². The van der Waals surface area contributed by atoms with Gasteiger partial charge in [0.25, 0.3) is 0 Å². The lowest BCUT2D eigenvalue weighted by Crippen LogP contribution is -2.27. The first-order valence-electron chi connectivity index (χ1n) is 7.84. The maximum absolute atomic E-state index is 13.0. The lowest BCUT2D eigenvalue weighted by molar-refractivity contribution is -0.137. The summed E-state index contributed by atoms with van der Waals surface area (Å²) in [5.74, 6) is -3.15. The zero-order valence-corrected chi connectivity index (χ0v) is 15.2. The van der Waals surface area contributed by atoms with Gasteiger partial charge in [0.05, 0.1) is 27.8 Å². The van der Waals surface area contributed by atoms with Crippen LogP contribution < -0.4 is 5.32 Å².